The molecule has 0 spiro atoms. The number of hydrogen-bond acceptors (Lipinski definition) is 3. The van der Waals surface area contributed by atoms with Gasteiger partial charge in [0.2, 0.25) is 0 Å². The molecule has 0 amide bonds. The van der Waals surface area contributed by atoms with Crippen molar-refractivity contribution in [2.45, 2.75) is 15.7 Å². The smallest absolute Gasteiger partial charge is 0.336 e. The van der Waals surface area contributed by atoms with Crippen molar-refractivity contribution in [2.24, 2.45) is 0 Å². The van der Waals surface area contributed by atoms with Gasteiger partial charge >= 0.3 is 5.97 Å². The minimum atomic E-state index is -0.897. The van der Waals surface area contributed by atoms with Crippen molar-refractivity contribution in [3.05, 3.63) is 58.1 Å². The van der Waals surface area contributed by atoms with Crippen LogP contribution in [0.15, 0.2) is 56.7 Å². The molecule has 1 aliphatic rings. The van der Waals surface area contributed by atoms with E-state index in [0.29, 0.717) is 16.0 Å². The SMILES string of the molecule is O=C(O)c1cc(SCC2CSc3ccccc32)ccc1Br. The average Bonchev–Trinajstić information content (AvgIpc) is 2.89. The lowest BCUT2D eigenvalue weighted by molar-refractivity contribution is 0.0695. The van der Waals surface area contributed by atoms with E-state index in [-0.39, 0.29) is 0 Å². The summed E-state index contributed by atoms with van der Waals surface area (Å²) in [6, 6.07) is 14.1. The molecule has 1 aliphatic heterocycles. The maximum absolute atomic E-state index is 11.2. The molecule has 2 aromatic carbocycles. The van der Waals surface area contributed by atoms with Crippen LogP contribution in [0.5, 0.6) is 0 Å². The molecule has 21 heavy (non-hydrogen) atoms. The van der Waals surface area contributed by atoms with E-state index in [1.165, 1.54) is 10.5 Å². The summed E-state index contributed by atoms with van der Waals surface area (Å²) in [5.41, 5.74) is 1.74. The van der Waals surface area contributed by atoms with Crippen molar-refractivity contribution in [2.75, 3.05) is 11.5 Å². The van der Waals surface area contributed by atoms with Crippen LogP contribution in [0.1, 0.15) is 21.8 Å². The summed E-state index contributed by atoms with van der Waals surface area (Å²) in [5.74, 6) is 1.72. The maximum Gasteiger partial charge on any atom is 0.336 e. The van der Waals surface area contributed by atoms with E-state index in [1.807, 2.05) is 23.9 Å². The van der Waals surface area contributed by atoms with Crippen LogP contribution in [0.25, 0.3) is 0 Å². The summed E-state index contributed by atoms with van der Waals surface area (Å²) in [6.45, 7) is 0. The number of hydrogen-bond donors (Lipinski definition) is 1. The summed E-state index contributed by atoms with van der Waals surface area (Å²) in [6.07, 6.45) is 0. The van der Waals surface area contributed by atoms with Gasteiger partial charge in [0.05, 0.1) is 5.56 Å². The van der Waals surface area contributed by atoms with E-state index < -0.39 is 5.97 Å². The third-order valence-electron chi connectivity index (χ3n) is 3.42. The zero-order chi connectivity index (χ0) is 14.8. The molecule has 108 valence electrons. The van der Waals surface area contributed by atoms with Crippen LogP contribution in [0, 0.1) is 0 Å². The van der Waals surface area contributed by atoms with Crippen molar-refractivity contribution >= 4 is 45.4 Å². The lowest BCUT2D eigenvalue weighted by Crippen LogP contribution is -2.01. The zero-order valence-electron chi connectivity index (χ0n) is 11.1. The highest BCUT2D eigenvalue weighted by molar-refractivity contribution is 9.10. The second-order valence-corrected chi connectivity index (χ2v) is 7.81. The van der Waals surface area contributed by atoms with Crippen molar-refractivity contribution in [1.29, 1.82) is 0 Å². The van der Waals surface area contributed by atoms with Crippen molar-refractivity contribution in [3.8, 4) is 0 Å². The van der Waals surface area contributed by atoms with Crippen LogP contribution in [-0.4, -0.2) is 22.6 Å². The molecule has 0 saturated carbocycles. The molecule has 5 heteroatoms. The topological polar surface area (TPSA) is 37.3 Å². The Labute approximate surface area is 140 Å². The largest absolute Gasteiger partial charge is 0.478 e. The summed E-state index contributed by atoms with van der Waals surface area (Å²) in [7, 11) is 0. The molecular formula is C16H13BrO2S2. The van der Waals surface area contributed by atoms with Gasteiger partial charge in [-0.1, -0.05) is 18.2 Å². The quantitative estimate of drug-likeness (QED) is 0.746. The summed E-state index contributed by atoms with van der Waals surface area (Å²) in [4.78, 5) is 13.5. The van der Waals surface area contributed by atoms with E-state index in [2.05, 4.69) is 40.2 Å². The molecule has 0 radical (unpaired) electrons. The first-order valence-corrected chi connectivity index (χ1v) is 9.29. The Bertz CT molecular complexity index is 688. The van der Waals surface area contributed by atoms with E-state index in [0.717, 1.165) is 16.4 Å². The fraction of sp³-hybridized carbons (Fsp3) is 0.188. The number of carbonyl (C=O) groups is 1. The number of halogens is 1. The van der Waals surface area contributed by atoms with Gasteiger partial charge in [0, 0.05) is 31.7 Å². The van der Waals surface area contributed by atoms with Crippen LogP contribution in [-0.2, 0) is 0 Å². The standard InChI is InChI=1S/C16H13BrO2S2/c17-14-6-5-11(7-13(14)16(18)19)20-8-10-9-21-15-4-2-1-3-12(10)15/h1-7,10H,8-9H2,(H,18,19). The highest BCUT2D eigenvalue weighted by atomic mass is 79.9. The normalized spacial score (nSPS) is 16.7. The van der Waals surface area contributed by atoms with E-state index in [4.69, 9.17) is 5.11 Å². The summed E-state index contributed by atoms with van der Waals surface area (Å²) >= 11 is 6.91. The van der Waals surface area contributed by atoms with Gasteiger partial charge in [0.25, 0.3) is 0 Å². The number of rotatable bonds is 4. The Hall–Kier alpha value is -0.910. The van der Waals surface area contributed by atoms with Gasteiger partial charge in [-0.15, -0.1) is 23.5 Å². The number of aromatic carboxylic acids is 1. The molecule has 0 bridgehead atoms. The van der Waals surface area contributed by atoms with Gasteiger partial charge in [-0.3, -0.25) is 0 Å². The Kier molecular flexibility index (Phi) is 4.62. The number of fused-ring (bicyclic) bond motifs is 1. The molecule has 0 saturated heterocycles. The van der Waals surface area contributed by atoms with Crippen LogP contribution in [0.2, 0.25) is 0 Å². The molecule has 1 N–H and O–H groups in total. The monoisotopic (exact) mass is 380 g/mol. The van der Waals surface area contributed by atoms with Crippen molar-refractivity contribution in [1.82, 2.24) is 0 Å². The summed E-state index contributed by atoms with van der Waals surface area (Å²) < 4.78 is 0.626. The predicted octanol–water partition coefficient (Wildman–Crippen LogP) is 5.13. The van der Waals surface area contributed by atoms with Crippen LogP contribution in [0.4, 0.5) is 0 Å². The predicted molar refractivity (Wildman–Crippen MR) is 91.7 cm³/mol. The molecule has 1 atom stereocenters. The van der Waals surface area contributed by atoms with E-state index in [9.17, 15) is 4.79 Å². The number of carboxylic acids is 1. The van der Waals surface area contributed by atoms with Gasteiger partial charge in [-0.25, -0.2) is 4.79 Å². The molecule has 1 unspecified atom stereocenters. The molecule has 2 aromatic rings. The van der Waals surface area contributed by atoms with Gasteiger partial charge in [-0.2, -0.15) is 0 Å². The first-order chi connectivity index (χ1) is 10.1. The fourth-order valence-electron chi connectivity index (χ4n) is 2.32. The Morgan fingerprint density at radius 1 is 1.33 bits per heavy atom. The lowest BCUT2D eigenvalue weighted by atomic mass is 10.0. The van der Waals surface area contributed by atoms with E-state index >= 15 is 0 Å². The molecule has 2 nitrogen and oxygen atoms in total. The third-order valence-corrected chi connectivity index (χ3v) is 6.52. The van der Waals surface area contributed by atoms with Crippen LogP contribution in [0.3, 0.4) is 0 Å². The first-order valence-electron chi connectivity index (χ1n) is 6.52. The second-order valence-electron chi connectivity index (χ2n) is 4.80. The third kappa shape index (κ3) is 3.30. The molecule has 3 rings (SSSR count). The number of carboxylic acid groups (broad SMARTS) is 1. The summed E-state index contributed by atoms with van der Waals surface area (Å²) in [5, 5.41) is 9.16. The van der Waals surface area contributed by atoms with Crippen molar-refractivity contribution in [3.63, 3.8) is 0 Å². The molecule has 0 fully saturated rings. The Balaban J connectivity index is 1.72. The van der Waals surface area contributed by atoms with Gasteiger partial charge < -0.3 is 5.11 Å². The van der Waals surface area contributed by atoms with Crippen LogP contribution < -0.4 is 0 Å². The van der Waals surface area contributed by atoms with Crippen molar-refractivity contribution < 1.29 is 9.90 Å². The van der Waals surface area contributed by atoms with Gasteiger partial charge in [0.1, 0.15) is 0 Å². The molecule has 1 heterocycles. The molecular weight excluding hydrogens is 368 g/mol. The van der Waals surface area contributed by atoms with E-state index in [1.54, 1.807) is 17.8 Å². The highest BCUT2D eigenvalue weighted by Gasteiger charge is 2.22. The van der Waals surface area contributed by atoms with Crippen LogP contribution >= 0.6 is 39.5 Å². The minimum absolute atomic E-state index is 0.321. The lowest BCUT2D eigenvalue weighted by Gasteiger charge is -2.11. The number of thioether (sulfide) groups is 2. The maximum atomic E-state index is 11.2. The van der Waals surface area contributed by atoms with Gasteiger partial charge in [0.15, 0.2) is 0 Å². The second kappa shape index (κ2) is 6.46. The minimum Gasteiger partial charge on any atom is -0.478 e. The Morgan fingerprint density at radius 3 is 2.95 bits per heavy atom. The molecule has 0 aliphatic carbocycles. The molecule has 0 aromatic heterocycles. The van der Waals surface area contributed by atoms with Gasteiger partial charge in [-0.05, 0) is 45.8 Å². The number of benzene rings is 2. The highest BCUT2D eigenvalue weighted by Crippen LogP contribution is 2.41. The Morgan fingerprint density at radius 2 is 2.14 bits per heavy atom. The average molecular weight is 381 g/mol. The first kappa shape index (κ1) is 15.0. The zero-order valence-corrected chi connectivity index (χ0v) is 14.3. The fourth-order valence-corrected chi connectivity index (χ4v) is 5.20.